The Morgan fingerprint density at radius 3 is 2.67 bits per heavy atom. The number of nitrogens with one attached hydrogen (secondary N) is 1. The number of rotatable bonds is 2. The molecule has 1 aromatic rings. The summed E-state index contributed by atoms with van der Waals surface area (Å²) >= 11 is 0. The van der Waals surface area contributed by atoms with Gasteiger partial charge in [-0.25, -0.2) is 9.37 Å². The Kier molecular flexibility index (Phi) is 3.86. The average Bonchev–Trinajstić information content (AvgIpc) is 2.35. The van der Waals surface area contributed by atoms with E-state index in [1.807, 2.05) is 0 Å². The SMILES string of the molecule is NC1CCC(NC(=O)c2ccnc(F)c2F)CC1. The van der Waals surface area contributed by atoms with E-state index in [4.69, 9.17) is 5.73 Å². The van der Waals surface area contributed by atoms with Crippen LogP contribution in [0, 0.1) is 11.8 Å². The summed E-state index contributed by atoms with van der Waals surface area (Å²) in [5.41, 5.74) is 5.44. The lowest BCUT2D eigenvalue weighted by Crippen LogP contribution is -2.40. The molecule has 1 aliphatic carbocycles. The Morgan fingerprint density at radius 1 is 1.33 bits per heavy atom. The molecule has 0 spiro atoms. The van der Waals surface area contributed by atoms with Gasteiger partial charge in [0.2, 0.25) is 5.95 Å². The topological polar surface area (TPSA) is 68.0 Å². The highest BCUT2D eigenvalue weighted by Crippen LogP contribution is 2.18. The van der Waals surface area contributed by atoms with Crippen molar-refractivity contribution in [1.82, 2.24) is 10.3 Å². The van der Waals surface area contributed by atoms with Crippen LogP contribution in [0.5, 0.6) is 0 Å². The third-order valence-electron chi connectivity index (χ3n) is 3.20. The zero-order chi connectivity index (χ0) is 13.1. The van der Waals surface area contributed by atoms with E-state index in [0.717, 1.165) is 31.9 Å². The third kappa shape index (κ3) is 2.81. The van der Waals surface area contributed by atoms with Crippen LogP contribution in [0.25, 0.3) is 0 Å². The normalized spacial score (nSPS) is 23.7. The number of nitrogens with two attached hydrogens (primary N) is 1. The summed E-state index contributed by atoms with van der Waals surface area (Å²) < 4.78 is 26.2. The molecule has 1 fully saturated rings. The second-order valence-electron chi connectivity index (χ2n) is 4.55. The molecule has 98 valence electrons. The van der Waals surface area contributed by atoms with Gasteiger partial charge in [0, 0.05) is 18.3 Å². The summed E-state index contributed by atoms with van der Waals surface area (Å²) in [7, 11) is 0. The largest absolute Gasteiger partial charge is 0.349 e. The number of amides is 1. The summed E-state index contributed by atoms with van der Waals surface area (Å²) in [5.74, 6) is -3.06. The highest BCUT2D eigenvalue weighted by atomic mass is 19.2. The smallest absolute Gasteiger partial charge is 0.254 e. The summed E-state index contributed by atoms with van der Waals surface area (Å²) in [6.07, 6.45) is 4.27. The molecular formula is C12H15F2N3O. The number of hydrogen-bond donors (Lipinski definition) is 2. The van der Waals surface area contributed by atoms with Gasteiger partial charge in [0.05, 0.1) is 5.56 Å². The van der Waals surface area contributed by atoms with E-state index in [1.54, 1.807) is 0 Å². The number of carbonyl (C=O) groups excluding carboxylic acids is 1. The zero-order valence-electron chi connectivity index (χ0n) is 9.83. The van der Waals surface area contributed by atoms with Crippen LogP contribution in [0.4, 0.5) is 8.78 Å². The zero-order valence-corrected chi connectivity index (χ0v) is 9.83. The molecule has 0 aromatic carbocycles. The Labute approximate surface area is 104 Å². The predicted octanol–water partition coefficient (Wildman–Crippen LogP) is 1.36. The van der Waals surface area contributed by atoms with Gasteiger partial charge in [0.15, 0.2) is 5.82 Å². The van der Waals surface area contributed by atoms with Crippen LogP contribution in [0.2, 0.25) is 0 Å². The van der Waals surface area contributed by atoms with E-state index < -0.39 is 17.7 Å². The van der Waals surface area contributed by atoms with Crippen molar-refractivity contribution in [2.75, 3.05) is 0 Å². The molecule has 1 amide bonds. The Morgan fingerprint density at radius 2 is 2.00 bits per heavy atom. The van der Waals surface area contributed by atoms with Gasteiger partial charge in [-0.05, 0) is 31.7 Å². The molecule has 6 heteroatoms. The first kappa shape index (κ1) is 12.9. The maximum Gasteiger partial charge on any atom is 0.254 e. The fourth-order valence-electron chi connectivity index (χ4n) is 2.12. The van der Waals surface area contributed by atoms with Crippen molar-refractivity contribution in [2.24, 2.45) is 5.73 Å². The van der Waals surface area contributed by atoms with Gasteiger partial charge in [-0.3, -0.25) is 4.79 Å². The summed E-state index contributed by atoms with van der Waals surface area (Å²) in [4.78, 5) is 14.9. The first-order valence-electron chi connectivity index (χ1n) is 5.94. The number of halogens is 2. The Balaban J connectivity index is 2.01. The van der Waals surface area contributed by atoms with Gasteiger partial charge in [0.25, 0.3) is 5.91 Å². The number of pyridine rings is 1. The van der Waals surface area contributed by atoms with Crippen LogP contribution in [0.3, 0.4) is 0 Å². The third-order valence-corrected chi connectivity index (χ3v) is 3.20. The monoisotopic (exact) mass is 255 g/mol. The fraction of sp³-hybridized carbons (Fsp3) is 0.500. The van der Waals surface area contributed by atoms with Crippen LogP contribution < -0.4 is 11.1 Å². The lowest BCUT2D eigenvalue weighted by molar-refractivity contribution is 0.0920. The molecule has 3 N–H and O–H groups in total. The molecule has 18 heavy (non-hydrogen) atoms. The van der Waals surface area contributed by atoms with Gasteiger partial charge in [-0.1, -0.05) is 0 Å². The van der Waals surface area contributed by atoms with E-state index in [2.05, 4.69) is 10.3 Å². The Bertz CT molecular complexity index is 445. The van der Waals surface area contributed by atoms with Crippen molar-refractivity contribution in [3.05, 3.63) is 29.6 Å². The minimum absolute atomic E-state index is 0.0204. The van der Waals surface area contributed by atoms with Gasteiger partial charge >= 0.3 is 0 Å². The van der Waals surface area contributed by atoms with E-state index in [1.165, 1.54) is 6.07 Å². The standard InChI is InChI=1S/C12H15F2N3O/c13-10-9(5-6-16-11(10)14)12(18)17-8-3-1-7(15)2-4-8/h5-8H,1-4,15H2,(H,17,18). The van der Waals surface area contributed by atoms with Gasteiger partial charge < -0.3 is 11.1 Å². The highest BCUT2D eigenvalue weighted by Gasteiger charge is 2.22. The van der Waals surface area contributed by atoms with Crippen molar-refractivity contribution in [1.29, 1.82) is 0 Å². The Hall–Kier alpha value is -1.56. The molecule has 4 nitrogen and oxygen atoms in total. The molecule has 0 bridgehead atoms. The van der Waals surface area contributed by atoms with Crippen molar-refractivity contribution < 1.29 is 13.6 Å². The molecule has 1 saturated carbocycles. The minimum atomic E-state index is -1.26. The average molecular weight is 255 g/mol. The molecule has 0 atom stereocenters. The van der Waals surface area contributed by atoms with E-state index in [-0.39, 0.29) is 17.6 Å². The van der Waals surface area contributed by atoms with Crippen LogP contribution >= 0.6 is 0 Å². The number of hydrogen-bond acceptors (Lipinski definition) is 3. The highest BCUT2D eigenvalue weighted by molar-refractivity contribution is 5.94. The predicted molar refractivity (Wildman–Crippen MR) is 61.9 cm³/mol. The van der Waals surface area contributed by atoms with Crippen molar-refractivity contribution in [3.63, 3.8) is 0 Å². The van der Waals surface area contributed by atoms with Crippen molar-refractivity contribution >= 4 is 5.91 Å². The second kappa shape index (κ2) is 5.39. The molecule has 0 unspecified atom stereocenters. The number of nitrogens with zero attached hydrogens (tertiary/aromatic N) is 1. The van der Waals surface area contributed by atoms with Crippen LogP contribution in [0.15, 0.2) is 12.3 Å². The lowest BCUT2D eigenvalue weighted by Gasteiger charge is -2.26. The van der Waals surface area contributed by atoms with E-state index in [0.29, 0.717) is 0 Å². The second-order valence-corrected chi connectivity index (χ2v) is 4.55. The van der Waals surface area contributed by atoms with Crippen molar-refractivity contribution in [2.45, 2.75) is 37.8 Å². The molecule has 1 heterocycles. The maximum atomic E-state index is 13.3. The number of carbonyl (C=O) groups is 1. The van der Waals surface area contributed by atoms with E-state index in [9.17, 15) is 13.6 Å². The molecule has 0 saturated heterocycles. The summed E-state index contributed by atoms with van der Waals surface area (Å²) in [6, 6.07) is 1.32. The molecule has 1 aromatic heterocycles. The van der Waals surface area contributed by atoms with Gasteiger partial charge in [-0.15, -0.1) is 0 Å². The fourth-order valence-corrected chi connectivity index (χ4v) is 2.12. The summed E-state index contributed by atoms with van der Waals surface area (Å²) in [6.45, 7) is 0. The van der Waals surface area contributed by atoms with Crippen molar-refractivity contribution in [3.8, 4) is 0 Å². The minimum Gasteiger partial charge on any atom is -0.349 e. The number of aromatic nitrogens is 1. The molecule has 0 aliphatic heterocycles. The molecular weight excluding hydrogens is 240 g/mol. The van der Waals surface area contributed by atoms with Gasteiger partial charge in [0.1, 0.15) is 0 Å². The molecule has 1 aliphatic rings. The maximum absolute atomic E-state index is 13.3. The van der Waals surface area contributed by atoms with Crippen LogP contribution in [-0.2, 0) is 0 Å². The first-order valence-corrected chi connectivity index (χ1v) is 5.94. The quantitative estimate of drug-likeness (QED) is 0.784. The molecule has 2 rings (SSSR count). The lowest BCUT2D eigenvalue weighted by atomic mass is 9.91. The van der Waals surface area contributed by atoms with Crippen LogP contribution in [-0.4, -0.2) is 23.0 Å². The van der Waals surface area contributed by atoms with Gasteiger partial charge in [-0.2, -0.15) is 4.39 Å². The molecule has 0 radical (unpaired) electrons. The summed E-state index contributed by atoms with van der Waals surface area (Å²) in [5, 5.41) is 2.69. The first-order chi connectivity index (χ1) is 8.58. The van der Waals surface area contributed by atoms with E-state index >= 15 is 0 Å². The van der Waals surface area contributed by atoms with Crippen LogP contribution in [0.1, 0.15) is 36.0 Å².